The van der Waals surface area contributed by atoms with Gasteiger partial charge in [-0.2, -0.15) is 0 Å². The molecule has 0 heterocycles. The summed E-state index contributed by atoms with van der Waals surface area (Å²) in [6.07, 6.45) is 3.03. The van der Waals surface area contributed by atoms with Gasteiger partial charge in [0.05, 0.1) is 0 Å². The first-order chi connectivity index (χ1) is 7.58. The molecule has 0 fully saturated rings. The molecule has 1 aromatic rings. The highest BCUT2D eigenvalue weighted by atomic mass is 127. The molecular weight excluding hydrogens is 313 g/mol. The Morgan fingerprint density at radius 1 is 1.38 bits per heavy atom. The van der Waals surface area contributed by atoms with Gasteiger partial charge < -0.3 is 5.73 Å². The third-order valence-electron chi connectivity index (χ3n) is 2.43. The van der Waals surface area contributed by atoms with E-state index in [0.717, 1.165) is 18.4 Å². The minimum absolute atomic E-state index is 0.200. The van der Waals surface area contributed by atoms with E-state index in [1.54, 1.807) is 0 Å². The molecule has 16 heavy (non-hydrogen) atoms. The van der Waals surface area contributed by atoms with Crippen molar-refractivity contribution in [3.63, 3.8) is 0 Å². The number of hydrogen-bond acceptors (Lipinski definition) is 2. The van der Waals surface area contributed by atoms with Crippen LogP contribution in [0.4, 0.5) is 0 Å². The SMILES string of the molecule is CC(N)CCCC(=O)Cc1ccc(I)cc1. The molecule has 1 aromatic carbocycles. The molecule has 0 aliphatic carbocycles. The summed E-state index contributed by atoms with van der Waals surface area (Å²) in [7, 11) is 0. The van der Waals surface area contributed by atoms with E-state index in [-0.39, 0.29) is 6.04 Å². The maximum Gasteiger partial charge on any atom is 0.137 e. The van der Waals surface area contributed by atoms with Crippen LogP contribution in [0.25, 0.3) is 0 Å². The largest absolute Gasteiger partial charge is 0.328 e. The van der Waals surface area contributed by atoms with E-state index in [4.69, 9.17) is 5.73 Å². The van der Waals surface area contributed by atoms with Crippen molar-refractivity contribution in [1.29, 1.82) is 0 Å². The van der Waals surface area contributed by atoms with Gasteiger partial charge in [-0.3, -0.25) is 4.79 Å². The number of carbonyl (C=O) groups excluding carboxylic acids is 1. The van der Waals surface area contributed by atoms with Gasteiger partial charge in [0, 0.05) is 22.5 Å². The second-order valence-electron chi connectivity index (χ2n) is 4.21. The van der Waals surface area contributed by atoms with Gasteiger partial charge in [-0.05, 0) is 60.1 Å². The molecule has 0 saturated heterocycles. The Labute approximate surface area is 111 Å². The van der Waals surface area contributed by atoms with Crippen LogP contribution in [0.5, 0.6) is 0 Å². The summed E-state index contributed by atoms with van der Waals surface area (Å²) >= 11 is 2.26. The fourth-order valence-corrected chi connectivity index (χ4v) is 1.90. The Kier molecular flexibility index (Phi) is 5.98. The number of Topliss-reactive ketones (excluding diaryl/α,β-unsaturated/α-hetero) is 1. The summed E-state index contributed by atoms with van der Waals surface area (Å²) in [5.74, 6) is 0.307. The standard InChI is InChI=1S/C13H18INO/c1-10(15)3-2-4-13(16)9-11-5-7-12(14)8-6-11/h5-8,10H,2-4,9,15H2,1H3. The van der Waals surface area contributed by atoms with Crippen LogP contribution in [0.2, 0.25) is 0 Å². The lowest BCUT2D eigenvalue weighted by molar-refractivity contribution is -0.118. The lowest BCUT2D eigenvalue weighted by Gasteiger charge is -2.04. The molecule has 0 spiro atoms. The van der Waals surface area contributed by atoms with Gasteiger partial charge in [0.2, 0.25) is 0 Å². The van der Waals surface area contributed by atoms with Crippen molar-refractivity contribution in [2.75, 3.05) is 0 Å². The first-order valence-electron chi connectivity index (χ1n) is 5.59. The number of halogens is 1. The van der Waals surface area contributed by atoms with Crippen LogP contribution in [0.15, 0.2) is 24.3 Å². The molecule has 1 rings (SSSR count). The van der Waals surface area contributed by atoms with Gasteiger partial charge in [-0.15, -0.1) is 0 Å². The fourth-order valence-electron chi connectivity index (χ4n) is 1.54. The quantitative estimate of drug-likeness (QED) is 0.815. The summed E-state index contributed by atoms with van der Waals surface area (Å²) in [5, 5.41) is 0. The number of ketones is 1. The molecular formula is C13H18INO. The second-order valence-corrected chi connectivity index (χ2v) is 5.46. The maximum atomic E-state index is 11.6. The van der Waals surface area contributed by atoms with Crippen LogP contribution >= 0.6 is 22.6 Å². The third-order valence-corrected chi connectivity index (χ3v) is 3.15. The summed E-state index contributed by atoms with van der Waals surface area (Å²) in [5.41, 5.74) is 6.74. The highest BCUT2D eigenvalue weighted by molar-refractivity contribution is 14.1. The maximum absolute atomic E-state index is 11.6. The highest BCUT2D eigenvalue weighted by Gasteiger charge is 2.04. The Morgan fingerprint density at radius 3 is 2.56 bits per heavy atom. The van der Waals surface area contributed by atoms with Crippen LogP contribution in [0.3, 0.4) is 0 Å². The van der Waals surface area contributed by atoms with E-state index in [1.165, 1.54) is 3.57 Å². The monoisotopic (exact) mass is 331 g/mol. The van der Waals surface area contributed by atoms with E-state index in [1.807, 2.05) is 31.2 Å². The van der Waals surface area contributed by atoms with Crippen LogP contribution in [-0.2, 0) is 11.2 Å². The van der Waals surface area contributed by atoms with Gasteiger partial charge in [-0.25, -0.2) is 0 Å². The van der Waals surface area contributed by atoms with Crippen molar-refractivity contribution >= 4 is 28.4 Å². The number of hydrogen-bond donors (Lipinski definition) is 1. The lowest BCUT2D eigenvalue weighted by atomic mass is 10.0. The first kappa shape index (κ1) is 13.6. The molecule has 0 saturated carbocycles. The van der Waals surface area contributed by atoms with Gasteiger partial charge in [0.25, 0.3) is 0 Å². The van der Waals surface area contributed by atoms with Crippen molar-refractivity contribution in [1.82, 2.24) is 0 Å². The zero-order valence-corrected chi connectivity index (χ0v) is 11.7. The molecule has 0 aromatic heterocycles. The fraction of sp³-hybridized carbons (Fsp3) is 0.462. The Bertz CT molecular complexity index is 332. The number of benzene rings is 1. The summed E-state index contributed by atoms with van der Waals surface area (Å²) < 4.78 is 1.20. The average molecular weight is 331 g/mol. The molecule has 2 nitrogen and oxygen atoms in total. The normalized spacial score (nSPS) is 12.4. The molecule has 0 bridgehead atoms. The minimum atomic E-state index is 0.200. The topological polar surface area (TPSA) is 43.1 Å². The molecule has 88 valence electrons. The first-order valence-corrected chi connectivity index (χ1v) is 6.67. The van der Waals surface area contributed by atoms with E-state index in [0.29, 0.717) is 18.6 Å². The van der Waals surface area contributed by atoms with Gasteiger partial charge in [0.1, 0.15) is 5.78 Å². The molecule has 0 radical (unpaired) electrons. The van der Waals surface area contributed by atoms with Crippen LogP contribution in [0.1, 0.15) is 31.7 Å². The van der Waals surface area contributed by atoms with Gasteiger partial charge in [-0.1, -0.05) is 12.1 Å². The van der Waals surface area contributed by atoms with Crippen molar-refractivity contribution < 1.29 is 4.79 Å². The predicted octanol–water partition coefficient (Wildman–Crippen LogP) is 2.92. The number of rotatable bonds is 6. The van der Waals surface area contributed by atoms with E-state index in [9.17, 15) is 4.79 Å². The summed E-state index contributed by atoms with van der Waals surface area (Å²) in [6, 6.07) is 8.30. The molecule has 0 amide bonds. The molecule has 0 aliphatic heterocycles. The van der Waals surface area contributed by atoms with E-state index >= 15 is 0 Å². The van der Waals surface area contributed by atoms with Crippen molar-refractivity contribution in [3.8, 4) is 0 Å². The summed E-state index contributed by atoms with van der Waals surface area (Å²) in [6.45, 7) is 1.98. The van der Waals surface area contributed by atoms with Crippen LogP contribution < -0.4 is 5.73 Å². The zero-order valence-electron chi connectivity index (χ0n) is 9.58. The van der Waals surface area contributed by atoms with Crippen LogP contribution in [-0.4, -0.2) is 11.8 Å². The summed E-state index contributed by atoms with van der Waals surface area (Å²) in [4.78, 5) is 11.6. The van der Waals surface area contributed by atoms with Gasteiger partial charge in [0.15, 0.2) is 0 Å². The molecule has 2 N–H and O–H groups in total. The number of nitrogens with two attached hydrogens (primary N) is 1. The van der Waals surface area contributed by atoms with E-state index < -0.39 is 0 Å². The van der Waals surface area contributed by atoms with Crippen molar-refractivity contribution in [2.45, 2.75) is 38.6 Å². The Hall–Kier alpha value is -0.420. The number of carbonyl (C=O) groups is 1. The second kappa shape index (κ2) is 7.01. The van der Waals surface area contributed by atoms with Gasteiger partial charge >= 0.3 is 0 Å². The highest BCUT2D eigenvalue weighted by Crippen LogP contribution is 2.09. The van der Waals surface area contributed by atoms with Crippen molar-refractivity contribution in [3.05, 3.63) is 33.4 Å². The molecule has 3 heteroatoms. The lowest BCUT2D eigenvalue weighted by Crippen LogP contribution is -2.15. The van der Waals surface area contributed by atoms with E-state index in [2.05, 4.69) is 22.6 Å². The smallest absolute Gasteiger partial charge is 0.137 e. The molecule has 1 unspecified atom stereocenters. The molecule has 1 atom stereocenters. The molecule has 0 aliphatic rings. The van der Waals surface area contributed by atoms with Crippen molar-refractivity contribution in [2.24, 2.45) is 5.73 Å². The minimum Gasteiger partial charge on any atom is -0.328 e. The Balaban J connectivity index is 2.31. The van der Waals surface area contributed by atoms with Crippen LogP contribution in [0, 0.1) is 3.57 Å². The predicted molar refractivity (Wildman–Crippen MR) is 75.4 cm³/mol. The third kappa shape index (κ3) is 5.61. The Morgan fingerprint density at radius 2 is 2.00 bits per heavy atom. The zero-order chi connectivity index (χ0) is 12.0. The average Bonchev–Trinajstić information content (AvgIpc) is 2.21.